The summed E-state index contributed by atoms with van der Waals surface area (Å²) in [5.41, 5.74) is 0.683. The van der Waals surface area contributed by atoms with Crippen molar-refractivity contribution in [2.75, 3.05) is 53.6 Å². The summed E-state index contributed by atoms with van der Waals surface area (Å²) in [6.07, 6.45) is 5.13. The Morgan fingerprint density at radius 2 is 2.32 bits per heavy atom. The number of piperidine rings is 1. The minimum absolute atomic E-state index is 0.0658. The van der Waals surface area contributed by atoms with Gasteiger partial charge in [0.25, 0.3) is 5.91 Å². The normalized spacial score (nSPS) is 26.7. The molecule has 2 atom stereocenters. The number of likely N-dealkylation sites (tertiary alicyclic amines) is 1. The number of hydrogen-bond acceptors (Lipinski definition) is 4. The van der Waals surface area contributed by atoms with Crippen LogP contribution in [0.1, 0.15) is 29.8 Å². The van der Waals surface area contributed by atoms with Gasteiger partial charge in [0.15, 0.2) is 0 Å². The molecule has 1 aromatic rings. The average Bonchev–Trinajstić information content (AvgIpc) is 3.03. The van der Waals surface area contributed by atoms with Crippen molar-refractivity contribution in [3.8, 4) is 0 Å². The SMILES string of the molecule is CN(C)CCOC[C@@]12CCCO[C@H]1CCN(C(=O)c1cccn1C)C2. The smallest absolute Gasteiger partial charge is 0.270 e. The molecule has 3 rings (SSSR count). The molecule has 1 aromatic heterocycles. The van der Waals surface area contributed by atoms with Crippen LogP contribution in [-0.2, 0) is 16.5 Å². The van der Waals surface area contributed by atoms with E-state index in [2.05, 4.69) is 19.0 Å². The lowest BCUT2D eigenvalue weighted by Crippen LogP contribution is -2.58. The molecule has 0 saturated carbocycles. The fourth-order valence-electron chi connectivity index (χ4n) is 4.04. The van der Waals surface area contributed by atoms with Crippen LogP contribution in [0.5, 0.6) is 0 Å². The Morgan fingerprint density at radius 3 is 3.04 bits per heavy atom. The van der Waals surface area contributed by atoms with Crippen LogP contribution in [-0.4, -0.2) is 79.9 Å². The number of fused-ring (bicyclic) bond motifs is 1. The Morgan fingerprint density at radius 1 is 1.48 bits per heavy atom. The van der Waals surface area contributed by atoms with Crippen molar-refractivity contribution in [1.29, 1.82) is 0 Å². The first-order valence-electron chi connectivity index (χ1n) is 9.26. The van der Waals surface area contributed by atoms with Gasteiger partial charge in [-0.3, -0.25) is 4.79 Å². The number of carbonyl (C=O) groups is 1. The van der Waals surface area contributed by atoms with Crippen molar-refractivity contribution < 1.29 is 14.3 Å². The van der Waals surface area contributed by atoms with Crippen molar-refractivity contribution >= 4 is 5.91 Å². The van der Waals surface area contributed by atoms with Gasteiger partial charge in [0.1, 0.15) is 5.69 Å². The molecule has 0 unspecified atom stereocenters. The Hall–Kier alpha value is -1.37. The van der Waals surface area contributed by atoms with Crippen LogP contribution < -0.4 is 0 Å². The molecule has 2 aliphatic heterocycles. The largest absolute Gasteiger partial charge is 0.379 e. The minimum Gasteiger partial charge on any atom is -0.379 e. The molecule has 1 amide bonds. The molecule has 0 aliphatic carbocycles. The quantitative estimate of drug-likeness (QED) is 0.732. The summed E-state index contributed by atoms with van der Waals surface area (Å²) in [5.74, 6) is 0.115. The van der Waals surface area contributed by atoms with Crippen molar-refractivity contribution in [3.63, 3.8) is 0 Å². The summed E-state index contributed by atoms with van der Waals surface area (Å²) < 4.78 is 14.0. The minimum atomic E-state index is -0.0658. The molecular formula is C19H31N3O3. The molecule has 0 aromatic carbocycles. The van der Waals surface area contributed by atoms with Crippen LogP contribution in [0.25, 0.3) is 0 Å². The molecule has 0 spiro atoms. The van der Waals surface area contributed by atoms with E-state index in [9.17, 15) is 4.79 Å². The summed E-state index contributed by atoms with van der Waals surface area (Å²) in [4.78, 5) is 17.1. The summed E-state index contributed by atoms with van der Waals surface area (Å²) >= 11 is 0. The lowest BCUT2D eigenvalue weighted by atomic mass is 9.73. The third-order valence-electron chi connectivity index (χ3n) is 5.51. The van der Waals surface area contributed by atoms with Gasteiger partial charge in [0.05, 0.1) is 19.3 Å². The van der Waals surface area contributed by atoms with Gasteiger partial charge in [0.2, 0.25) is 0 Å². The molecule has 2 aliphatic rings. The van der Waals surface area contributed by atoms with Crippen molar-refractivity contribution in [1.82, 2.24) is 14.4 Å². The van der Waals surface area contributed by atoms with E-state index in [1.165, 1.54) is 0 Å². The predicted molar refractivity (Wildman–Crippen MR) is 96.7 cm³/mol. The summed E-state index contributed by atoms with van der Waals surface area (Å²) in [6.45, 7) is 4.61. The number of aromatic nitrogens is 1. The highest BCUT2D eigenvalue weighted by Gasteiger charge is 2.47. The van der Waals surface area contributed by atoms with Gasteiger partial charge in [-0.25, -0.2) is 0 Å². The highest BCUT2D eigenvalue weighted by atomic mass is 16.5. The third kappa shape index (κ3) is 4.07. The van der Waals surface area contributed by atoms with Gasteiger partial charge in [-0.2, -0.15) is 0 Å². The zero-order valence-electron chi connectivity index (χ0n) is 15.7. The summed E-state index contributed by atoms with van der Waals surface area (Å²) in [7, 11) is 6.02. The van der Waals surface area contributed by atoms with Gasteiger partial charge in [-0.15, -0.1) is 0 Å². The first-order chi connectivity index (χ1) is 12.0. The number of hydrogen-bond donors (Lipinski definition) is 0. The molecule has 25 heavy (non-hydrogen) atoms. The molecule has 140 valence electrons. The van der Waals surface area contributed by atoms with Crippen LogP contribution in [0, 0.1) is 5.41 Å². The monoisotopic (exact) mass is 349 g/mol. The number of nitrogens with zero attached hydrogens (tertiary/aromatic N) is 3. The van der Waals surface area contributed by atoms with E-state index in [0.717, 1.165) is 51.2 Å². The van der Waals surface area contributed by atoms with Crippen LogP contribution in [0.2, 0.25) is 0 Å². The highest BCUT2D eigenvalue weighted by molar-refractivity contribution is 5.92. The number of amides is 1. The second-order valence-electron chi connectivity index (χ2n) is 7.70. The molecular weight excluding hydrogens is 318 g/mol. The first-order valence-corrected chi connectivity index (χ1v) is 9.26. The van der Waals surface area contributed by atoms with Crippen molar-refractivity contribution in [2.45, 2.75) is 25.4 Å². The molecule has 6 nitrogen and oxygen atoms in total. The summed E-state index contributed by atoms with van der Waals surface area (Å²) in [5, 5.41) is 0. The Kier molecular flexibility index (Phi) is 5.81. The van der Waals surface area contributed by atoms with E-state index in [1.54, 1.807) is 0 Å². The van der Waals surface area contributed by atoms with Crippen molar-refractivity contribution in [3.05, 3.63) is 24.0 Å². The van der Waals surface area contributed by atoms with Gasteiger partial charge >= 0.3 is 0 Å². The highest BCUT2D eigenvalue weighted by Crippen LogP contribution is 2.40. The van der Waals surface area contributed by atoms with Gasteiger partial charge in [-0.1, -0.05) is 0 Å². The molecule has 2 saturated heterocycles. The van der Waals surface area contributed by atoms with Crippen LogP contribution >= 0.6 is 0 Å². The first kappa shape index (κ1) is 18.4. The van der Waals surface area contributed by atoms with Crippen LogP contribution in [0.3, 0.4) is 0 Å². The molecule has 6 heteroatoms. The second-order valence-corrected chi connectivity index (χ2v) is 7.70. The number of rotatable bonds is 6. The average molecular weight is 349 g/mol. The lowest BCUT2D eigenvalue weighted by molar-refractivity contribution is -0.147. The zero-order chi connectivity index (χ0) is 17.9. The fourth-order valence-corrected chi connectivity index (χ4v) is 4.04. The van der Waals surface area contributed by atoms with Crippen molar-refractivity contribution in [2.24, 2.45) is 12.5 Å². The Labute approximate surface area is 150 Å². The number of likely N-dealkylation sites (N-methyl/N-ethyl adjacent to an activating group) is 1. The summed E-state index contributed by atoms with van der Waals surface area (Å²) in [6, 6.07) is 3.82. The standard InChI is InChI=1S/C19H31N3O3/c1-20(2)11-13-24-15-19-8-5-12-25-17(19)7-10-22(14-19)18(23)16-6-4-9-21(16)3/h4,6,9,17H,5,7-8,10-15H2,1-3H3/t17-,19-/m0/s1. The van der Waals surface area contributed by atoms with Crippen LogP contribution in [0.4, 0.5) is 0 Å². The van der Waals surface area contributed by atoms with E-state index in [-0.39, 0.29) is 17.4 Å². The van der Waals surface area contributed by atoms with E-state index in [1.807, 2.05) is 34.8 Å². The maximum absolute atomic E-state index is 12.9. The molecule has 0 radical (unpaired) electrons. The molecule has 0 N–H and O–H groups in total. The topological polar surface area (TPSA) is 46.9 Å². The van der Waals surface area contributed by atoms with E-state index in [0.29, 0.717) is 13.2 Å². The Bertz CT molecular complexity index is 586. The number of ether oxygens (including phenoxy) is 2. The lowest BCUT2D eigenvalue weighted by Gasteiger charge is -2.50. The van der Waals surface area contributed by atoms with Gasteiger partial charge < -0.3 is 23.8 Å². The predicted octanol–water partition coefficient (Wildman–Crippen LogP) is 1.61. The maximum atomic E-state index is 12.9. The van der Waals surface area contributed by atoms with E-state index >= 15 is 0 Å². The number of carbonyl (C=O) groups excluding carboxylic acids is 1. The molecule has 0 bridgehead atoms. The maximum Gasteiger partial charge on any atom is 0.270 e. The zero-order valence-corrected chi connectivity index (χ0v) is 15.7. The number of aryl methyl sites for hydroxylation is 1. The molecule has 2 fully saturated rings. The van der Waals surface area contributed by atoms with Gasteiger partial charge in [-0.05, 0) is 45.5 Å². The van der Waals surface area contributed by atoms with Crippen LogP contribution in [0.15, 0.2) is 18.3 Å². The second kappa shape index (κ2) is 7.89. The van der Waals surface area contributed by atoms with E-state index in [4.69, 9.17) is 9.47 Å². The Balaban J connectivity index is 1.68. The van der Waals surface area contributed by atoms with Gasteiger partial charge in [0, 0.05) is 44.9 Å². The third-order valence-corrected chi connectivity index (χ3v) is 5.51. The fraction of sp³-hybridized carbons (Fsp3) is 0.737. The van der Waals surface area contributed by atoms with E-state index < -0.39 is 0 Å². The molecule has 3 heterocycles.